The van der Waals surface area contributed by atoms with E-state index in [-0.39, 0.29) is 22.7 Å². The highest BCUT2D eigenvalue weighted by Gasteiger charge is 2.23. The smallest absolute Gasteiger partial charge is 0.276 e. The van der Waals surface area contributed by atoms with Gasteiger partial charge in [0.25, 0.3) is 11.5 Å². The van der Waals surface area contributed by atoms with E-state index in [1.165, 1.54) is 17.4 Å². The fraction of sp³-hybridized carbons (Fsp3) is 0.211. The molecule has 8 heteroatoms. The molecule has 27 heavy (non-hydrogen) atoms. The number of hydrogen-bond donors (Lipinski definition) is 2. The molecule has 136 valence electrons. The SMILES string of the molecule is O=C(c1cc2cc(-c3nc4cscc4[nH]c3=O)[nH]c2cc1F)N1CCCC1. The van der Waals surface area contributed by atoms with E-state index in [2.05, 4.69) is 15.0 Å². The molecule has 0 unspecified atom stereocenters. The predicted octanol–water partition coefficient (Wildman–Crippen LogP) is 3.51. The number of amides is 1. The van der Waals surface area contributed by atoms with Gasteiger partial charge >= 0.3 is 0 Å². The van der Waals surface area contributed by atoms with Crippen LogP contribution in [0.2, 0.25) is 0 Å². The number of nitrogens with one attached hydrogen (secondary N) is 2. The van der Waals surface area contributed by atoms with E-state index in [0.29, 0.717) is 40.7 Å². The van der Waals surface area contributed by atoms with Crippen molar-refractivity contribution < 1.29 is 9.18 Å². The van der Waals surface area contributed by atoms with E-state index in [4.69, 9.17) is 0 Å². The maximum absolute atomic E-state index is 14.5. The van der Waals surface area contributed by atoms with E-state index < -0.39 is 5.82 Å². The molecule has 0 spiro atoms. The van der Waals surface area contributed by atoms with Gasteiger partial charge < -0.3 is 14.9 Å². The molecule has 5 rings (SSSR count). The Kier molecular flexibility index (Phi) is 3.61. The molecule has 4 heterocycles. The van der Waals surface area contributed by atoms with Crippen LogP contribution in [0.3, 0.4) is 0 Å². The Bertz CT molecular complexity index is 1250. The molecule has 1 amide bonds. The van der Waals surface area contributed by atoms with Crippen LogP contribution in [0, 0.1) is 5.82 Å². The normalized spacial score (nSPS) is 14.5. The van der Waals surface area contributed by atoms with Crippen LogP contribution in [0.25, 0.3) is 33.3 Å². The van der Waals surface area contributed by atoms with Gasteiger partial charge in [-0.05, 0) is 31.0 Å². The molecule has 4 aromatic rings. The first-order chi connectivity index (χ1) is 13.1. The quantitative estimate of drug-likeness (QED) is 0.557. The zero-order valence-electron chi connectivity index (χ0n) is 14.2. The first kappa shape index (κ1) is 16.2. The van der Waals surface area contributed by atoms with Crippen LogP contribution in [-0.2, 0) is 0 Å². The van der Waals surface area contributed by atoms with Crippen LogP contribution in [0.4, 0.5) is 4.39 Å². The third-order valence-corrected chi connectivity index (χ3v) is 5.66. The van der Waals surface area contributed by atoms with Crippen molar-refractivity contribution in [3.63, 3.8) is 0 Å². The highest BCUT2D eigenvalue weighted by atomic mass is 32.1. The molecule has 0 bridgehead atoms. The summed E-state index contributed by atoms with van der Waals surface area (Å²) in [6.07, 6.45) is 1.90. The van der Waals surface area contributed by atoms with E-state index in [0.717, 1.165) is 12.8 Å². The number of rotatable bonds is 2. The number of nitrogens with zero attached hydrogens (tertiary/aromatic N) is 2. The van der Waals surface area contributed by atoms with Crippen molar-refractivity contribution in [2.75, 3.05) is 13.1 Å². The molecule has 0 radical (unpaired) electrons. The lowest BCUT2D eigenvalue weighted by Gasteiger charge is -2.15. The first-order valence-electron chi connectivity index (χ1n) is 8.68. The van der Waals surface area contributed by atoms with Gasteiger partial charge in [0.05, 0.1) is 22.3 Å². The standard InChI is InChI=1S/C19H15FN4O2S/c20-12-7-13-10(5-11(12)19(26)24-3-1-2-4-24)6-14(21-13)17-18(25)23-16-9-27-8-15(16)22-17/h5-9,21H,1-4H2,(H,23,25). The number of thiophene rings is 1. The fourth-order valence-corrected chi connectivity index (χ4v) is 4.23. The van der Waals surface area contributed by atoms with E-state index >= 15 is 0 Å². The van der Waals surface area contributed by atoms with Crippen LogP contribution in [-0.4, -0.2) is 38.8 Å². The maximum atomic E-state index is 14.5. The van der Waals surface area contributed by atoms with Gasteiger partial charge in [0.1, 0.15) is 5.82 Å². The molecular formula is C19H15FN4O2S. The summed E-state index contributed by atoms with van der Waals surface area (Å²) in [5.74, 6) is -0.853. The molecule has 1 saturated heterocycles. The molecule has 2 N–H and O–H groups in total. The van der Waals surface area contributed by atoms with Gasteiger partial charge in [-0.2, -0.15) is 0 Å². The van der Waals surface area contributed by atoms with Crippen molar-refractivity contribution in [1.82, 2.24) is 19.9 Å². The average molecular weight is 382 g/mol. The van der Waals surface area contributed by atoms with Crippen LogP contribution < -0.4 is 5.56 Å². The topological polar surface area (TPSA) is 81.8 Å². The third-order valence-electron chi connectivity index (χ3n) is 4.92. The van der Waals surface area contributed by atoms with E-state index in [1.54, 1.807) is 17.0 Å². The largest absolute Gasteiger partial charge is 0.353 e. The second-order valence-electron chi connectivity index (χ2n) is 6.69. The number of aromatic amines is 2. The zero-order chi connectivity index (χ0) is 18.5. The predicted molar refractivity (Wildman–Crippen MR) is 103 cm³/mol. The molecule has 1 aliphatic heterocycles. The molecule has 1 fully saturated rings. The van der Waals surface area contributed by atoms with Crippen LogP contribution in [0.1, 0.15) is 23.2 Å². The average Bonchev–Trinajstić information content (AvgIpc) is 3.39. The molecule has 0 aliphatic carbocycles. The summed E-state index contributed by atoms with van der Waals surface area (Å²) >= 11 is 1.46. The highest BCUT2D eigenvalue weighted by Crippen LogP contribution is 2.26. The lowest BCUT2D eigenvalue weighted by atomic mass is 10.1. The number of likely N-dealkylation sites (tertiary alicyclic amines) is 1. The molecule has 6 nitrogen and oxygen atoms in total. The Balaban J connectivity index is 1.61. The van der Waals surface area contributed by atoms with Crippen molar-refractivity contribution >= 4 is 39.2 Å². The summed E-state index contributed by atoms with van der Waals surface area (Å²) in [4.78, 5) is 36.8. The maximum Gasteiger partial charge on any atom is 0.276 e. The number of carbonyl (C=O) groups is 1. The third kappa shape index (κ3) is 2.64. The van der Waals surface area contributed by atoms with E-state index in [1.807, 2.05) is 10.8 Å². The lowest BCUT2D eigenvalue weighted by molar-refractivity contribution is 0.0788. The number of H-pyrrole nitrogens is 2. The Morgan fingerprint density at radius 1 is 1.11 bits per heavy atom. The minimum absolute atomic E-state index is 0.0603. The van der Waals surface area contributed by atoms with Crippen LogP contribution >= 0.6 is 11.3 Å². The number of carbonyl (C=O) groups excluding carboxylic acids is 1. The fourth-order valence-electron chi connectivity index (χ4n) is 3.54. The van der Waals surface area contributed by atoms with Gasteiger partial charge in [0, 0.05) is 34.8 Å². The Hall–Kier alpha value is -3.00. The lowest BCUT2D eigenvalue weighted by Crippen LogP contribution is -2.28. The van der Waals surface area contributed by atoms with Gasteiger partial charge in [-0.25, -0.2) is 9.37 Å². The van der Waals surface area contributed by atoms with Crippen molar-refractivity contribution in [3.05, 3.63) is 50.7 Å². The van der Waals surface area contributed by atoms with Gasteiger partial charge in [-0.15, -0.1) is 11.3 Å². The number of hydrogen-bond acceptors (Lipinski definition) is 4. The minimum atomic E-state index is -0.567. The molecule has 1 aliphatic rings. The second-order valence-corrected chi connectivity index (χ2v) is 7.43. The summed E-state index contributed by atoms with van der Waals surface area (Å²) < 4.78 is 14.5. The van der Waals surface area contributed by atoms with Crippen LogP contribution in [0.15, 0.2) is 33.8 Å². The Morgan fingerprint density at radius 3 is 2.74 bits per heavy atom. The van der Waals surface area contributed by atoms with Crippen molar-refractivity contribution in [2.45, 2.75) is 12.8 Å². The molecule has 3 aromatic heterocycles. The van der Waals surface area contributed by atoms with Gasteiger partial charge in [-0.1, -0.05) is 0 Å². The second kappa shape index (κ2) is 6.02. The number of fused-ring (bicyclic) bond motifs is 2. The molecule has 0 atom stereocenters. The summed E-state index contributed by atoms with van der Waals surface area (Å²) in [7, 11) is 0. The molecular weight excluding hydrogens is 367 g/mol. The molecule has 0 saturated carbocycles. The minimum Gasteiger partial charge on any atom is -0.353 e. The van der Waals surface area contributed by atoms with Crippen molar-refractivity contribution in [3.8, 4) is 11.4 Å². The number of halogens is 1. The first-order valence-corrected chi connectivity index (χ1v) is 9.62. The van der Waals surface area contributed by atoms with Gasteiger partial charge in [0.2, 0.25) is 0 Å². The van der Waals surface area contributed by atoms with Crippen LogP contribution in [0.5, 0.6) is 0 Å². The monoisotopic (exact) mass is 382 g/mol. The number of aromatic nitrogens is 3. The van der Waals surface area contributed by atoms with E-state index in [9.17, 15) is 14.0 Å². The van der Waals surface area contributed by atoms with Crippen molar-refractivity contribution in [1.29, 1.82) is 0 Å². The van der Waals surface area contributed by atoms with Gasteiger partial charge in [0.15, 0.2) is 5.69 Å². The summed E-state index contributed by atoms with van der Waals surface area (Å²) in [5, 5.41) is 4.34. The summed E-state index contributed by atoms with van der Waals surface area (Å²) in [5.41, 5.74) is 2.38. The Morgan fingerprint density at radius 2 is 1.93 bits per heavy atom. The summed E-state index contributed by atoms with van der Waals surface area (Å²) in [6, 6.07) is 4.58. The van der Waals surface area contributed by atoms with Gasteiger partial charge in [-0.3, -0.25) is 9.59 Å². The Labute approximate surface area is 156 Å². The highest BCUT2D eigenvalue weighted by molar-refractivity contribution is 7.09. The molecule has 1 aromatic carbocycles. The zero-order valence-corrected chi connectivity index (χ0v) is 15.0. The van der Waals surface area contributed by atoms with Crippen molar-refractivity contribution in [2.24, 2.45) is 0 Å². The summed E-state index contributed by atoms with van der Waals surface area (Å²) in [6.45, 7) is 1.32. The number of benzene rings is 1.